The minimum absolute atomic E-state index is 0.0237. The van der Waals surface area contributed by atoms with Crippen molar-refractivity contribution < 1.29 is 14.4 Å². The first-order valence-corrected chi connectivity index (χ1v) is 6.51. The Morgan fingerprint density at radius 2 is 1.60 bits per heavy atom. The molecule has 0 N–H and O–H groups in total. The first kappa shape index (κ1) is 16.1. The van der Waals surface area contributed by atoms with Crippen molar-refractivity contribution in [3.8, 4) is 0 Å². The highest BCUT2D eigenvalue weighted by Gasteiger charge is 2.21. The van der Waals surface area contributed by atoms with Crippen LogP contribution in [0.1, 0.15) is 47.9 Å². The van der Waals surface area contributed by atoms with Crippen molar-refractivity contribution in [3.05, 3.63) is 35.4 Å². The third-order valence-electron chi connectivity index (χ3n) is 2.74. The topological polar surface area (TPSA) is 54.5 Å². The maximum atomic E-state index is 12.1. The summed E-state index contributed by atoms with van der Waals surface area (Å²) in [5.74, 6) is -1.21. The Hall–Kier alpha value is -1.97. The lowest BCUT2D eigenvalue weighted by atomic mass is 9.87. The lowest BCUT2D eigenvalue weighted by Crippen LogP contribution is -2.30. The zero-order valence-corrected chi connectivity index (χ0v) is 12.7. The lowest BCUT2D eigenvalue weighted by Gasteiger charge is -2.17. The molecular weight excluding hydrogens is 254 g/mol. The highest BCUT2D eigenvalue weighted by Crippen LogP contribution is 2.22. The minimum Gasteiger partial charge on any atom is -0.342 e. The number of hydrogen-bond donors (Lipinski definition) is 0. The van der Waals surface area contributed by atoms with E-state index in [1.807, 2.05) is 20.8 Å². The van der Waals surface area contributed by atoms with Crippen LogP contribution >= 0.6 is 0 Å². The molecule has 0 bridgehead atoms. The van der Waals surface area contributed by atoms with E-state index in [-0.39, 0.29) is 16.8 Å². The van der Waals surface area contributed by atoms with Gasteiger partial charge < -0.3 is 4.90 Å². The van der Waals surface area contributed by atoms with Crippen LogP contribution in [0.2, 0.25) is 0 Å². The van der Waals surface area contributed by atoms with Gasteiger partial charge in [0.25, 0.3) is 5.91 Å². The third kappa shape index (κ3) is 4.30. The van der Waals surface area contributed by atoms with E-state index in [1.165, 1.54) is 25.1 Å². The average Bonchev–Trinajstić information content (AvgIpc) is 2.35. The second kappa shape index (κ2) is 5.99. The van der Waals surface area contributed by atoms with Gasteiger partial charge in [-0.2, -0.15) is 0 Å². The summed E-state index contributed by atoms with van der Waals surface area (Å²) >= 11 is 0. The SMILES string of the molecule is CN(C)C(=O)C(=O)c1cccc(C(=O)CC(C)(C)C)c1. The van der Waals surface area contributed by atoms with Gasteiger partial charge in [-0.1, -0.05) is 39.0 Å². The number of Topliss-reactive ketones (excluding diaryl/α,β-unsaturated/α-hetero) is 2. The molecule has 0 aromatic heterocycles. The van der Waals surface area contributed by atoms with Crippen molar-refractivity contribution in [2.45, 2.75) is 27.2 Å². The van der Waals surface area contributed by atoms with Crippen molar-refractivity contribution in [3.63, 3.8) is 0 Å². The maximum absolute atomic E-state index is 12.1. The highest BCUT2D eigenvalue weighted by atomic mass is 16.2. The molecule has 0 heterocycles. The van der Waals surface area contributed by atoms with E-state index in [0.29, 0.717) is 12.0 Å². The average molecular weight is 275 g/mol. The first-order valence-electron chi connectivity index (χ1n) is 6.51. The van der Waals surface area contributed by atoms with Crippen molar-refractivity contribution in [1.29, 1.82) is 0 Å². The zero-order chi connectivity index (χ0) is 15.5. The minimum atomic E-state index is -0.597. The molecule has 0 spiro atoms. The van der Waals surface area contributed by atoms with Gasteiger partial charge in [0.2, 0.25) is 5.78 Å². The van der Waals surface area contributed by atoms with Crippen LogP contribution in [0.4, 0.5) is 0 Å². The molecule has 108 valence electrons. The molecule has 0 atom stereocenters. The fraction of sp³-hybridized carbons (Fsp3) is 0.438. The monoisotopic (exact) mass is 275 g/mol. The molecule has 1 aromatic rings. The van der Waals surface area contributed by atoms with Crippen LogP contribution < -0.4 is 0 Å². The van der Waals surface area contributed by atoms with Crippen LogP contribution in [0.3, 0.4) is 0 Å². The smallest absolute Gasteiger partial charge is 0.294 e. The van der Waals surface area contributed by atoms with Gasteiger partial charge >= 0.3 is 0 Å². The van der Waals surface area contributed by atoms with Gasteiger partial charge in [0.15, 0.2) is 5.78 Å². The second-order valence-corrected chi connectivity index (χ2v) is 6.27. The van der Waals surface area contributed by atoms with Crippen molar-refractivity contribution in [2.75, 3.05) is 14.1 Å². The van der Waals surface area contributed by atoms with Crippen LogP contribution in [0.5, 0.6) is 0 Å². The van der Waals surface area contributed by atoms with Crippen LogP contribution in [-0.4, -0.2) is 36.5 Å². The Morgan fingerprint density at radius 1 is 1.05 bits per heavy atom. The van der Waals surface area contributed by atoms with Crippen molar-refractivity contribution >= 4 is 17.5 Å². The summed E-state index contributed by atoms with van der Waals surface area (Å²) in [6, 6.07) is 6.35. The number of rotatable bonds is 4. The molecule has 20 heavy (non-hydrogen) atoms. The molecule has 1 amide bonds. The van der Waals surface area contributed by atoms with Gasteiger partial charge in [-0.25, -0.2) is 0 Å². The maximum Gasteiger partial charge on any atom is 0.294 e. The zero-order valence-electron chi connectivity index (χ0n) is 12.7. The molecule has 0 saturated carbocycles. The second-order valence-electron chi connectivity index (χ2n) is 6.27. The number of carbonyl (C=O) groups excluding carboxylic acids is 3. The Bertz CT molecular complexity index is 539. The molecular formula is C16H21NO3. The Balaban J connectivity index is 3.00. The summed E-state index contributed by atoms with van der Waals surface area (Å²) < 4.78 is 0. The fourth-order valence-electron chi connectivity index (χ4n) is 1.74. The van der Waals surface area contributed by atoms with E-state index in [0.717, 1.165) is 0 Å². The largest absolute Gasteiger partial charge is 0.342 e. The van der Waals surface area contributed by atoms with Gasteiger partial charge in [0.1, 0.15) is 0 Å². The summed E-state index contributed by atoms with van der Waals surface area (Å²) in [6.45, 7) is 5.94. The molecule has 0 aliphatic rings. The number of likely N-dealkylation sites (N-methyl/N-ethyl adjacent to an activating group) is 1. The van der Waals surface area contributed by atoms with Crippen LogP contribution in [0.25, 0.3) is 0 Å². The molecule has 0 aliphatic heterocycles. The van der Waals surface area contributed by atoms with E-state index in [9.17, 15) is 14.4 Å². The van der Waals surface area contributed by atoms with Gasteiger partial charge in [0.05, 0.1) is 0 Å². The third-order valence-corrected chi connectivity index (χ3v) is 2.74. The number of carbonyl (C=O) groups is 3. The van der Waals surface area contributed by atoms with E-state index >= 15 is 0 Å². The summed E-state index contributed by atoms with van der Waals surface area (Å²) in [7, 11) is 3.05. The van der Waals surface area contributed by atoms with Crippen molar-refractivity contribution in [2.24, 2.45) is 5.41 Å². The van der Waals surface area contributed by atoms with Crippen LogP contribution in [0.15, 0.2) is 24.3 Å². The molecule has 1 aromatic carbocycles. The number of nitrogens with zero attached hydrogens (tertiary/aromatic N) is 1. The van der Waals surface area contributed by atoms with Gasteiger partial charge in [0, 0.05) is 31.6 Å². The predicted octanol–water partition coefficient (Wildman–Crippen LogP) is 2.58. The van der Waals surface area contributed by atoms with E-state index in [2.05, 4.69) is 0 Å². The molecule has 0 aliphatic carbocycles. The summed E-state index contributed by atoms with van der Waals surface area (Å²) in [5.41, 5.74) is 0.608. The quantitative estimate of drug-likeness (QED) is 0.627. The Kier molecular flexibility index (Phi) is 4.82. The first-order chi connectivity index (χ1) is 9.11. The molecule has 4 heteroatoms. The van der Waals surface area contributed by atoms with Gasteiger partial charge in [-0.3, -0.25) is 14.4 Å². The summed E-state index contributed by atoms with van der Waals surface area (Å²) in [4.78, 5) is 36.9. The summed E-state index contributed by atoms with van der Waals surface area (Å²) in [6.07, 6.45) is 0.395. The van der Waals surface area contributed by atoms with Crippen molar-refractivity contribution in [1.82, 2.24) is 4.90 Å². The van der Waals surface area contributed by atoms with E-state index in [4.69, 9.17) is 0 Å². The molecule has 0 saturated heterocycles. The number of ketones is 2. The molecule has 1 rings (SSSR count). The molecule has 0 unspecified atom stereocenters. The van der Waals surface area contributed by atoms with Gasteiger partial charge in [-0.15, -0.1) is 0 Å². The molecule has 4 nitrogen and oxygen atoms in total. The number of hydrogen-bond acceptors (Lipinski definition) is 3. The fourth-order valence-corrected chi connectivity index (χ4v) is 1.74. The van der Waals surface area contributed by atoms with Crippen LogP contribution in [0, 0.1) is 5.41 Å². The van der Waals surface area contributed by atoms with E-state index < -0.39 is 11.7 Å². The Morgan fingerprint density at radius 3 is 2.10 bits per heavy atom. The summed E-state index contributed by atoms with van der Waals surface area (Å²) in [5, 5.41) is 0. The lowest BCUT2D eigenvalue weighted by molar-refractivity contribution is -0.124. The predicted molar refractivity (Wildman–Crippen MR) is 77.9 cm³/mol. The van der Waals surface area contributed by atoms with Crippen LogP contribution in [-0.2, 0) is 4.79 Å². The highest BCUT2D eigenvalue weighted by molar-refractivity contribution is 6.42. The molecule has 0 fully saturated rings. The van der Waals surface area contributed by atoms with E-state index in [1.54, 1.807) is 18.2 Å². The molecule has 0 radical (unpaired) electrons. The number of benzene rings is 1. The normalized spacial score (nSPS) is 11.1. The van der Waals surface area contributed by atoms with Gasteiger partial charge in [-0.05, 0) is 11.5 Å². The number of amides is 1. The Labute approximate surface area is 119 Å². The standard InChI is InChI=1S/C16H21NO3/c1-16(2,3)10-13(18)11-7-6-8-12(9-11)14(19)15(20)17(4)5/h6-9H,10H2,1-5H3.